The van der Waals surface area contributed by atoms with Crippen LogP contribution in [-0.2, 0) is 9.59 Å². The molecule has 0 bridgehead atoms. The highest BCUT2D eigenvalue weighted by Crippen LogP contribution is 2.26. The first-order valence-corrected chi connectivity index (χ1v) is 6.54. The molecule has 6 nitrogen and oxygen atoms in total. The van der Waals surface area contributed by atoms with E-state index in [-0.39, 0.29) is 0 Å². The second-order valence-corrected chi connectivity index (χ2v) is 4.03. The van der Waals surface area contributed by atoms with Crippen molar-refractivity contribution in [3.8, 4) is 5.75 Å². The molecular formula is C16H17NO5. The first-order valence-electron chi connectivity index (χ1n) is 6.54. The van der Waals surface area contributed by atoms with Crippen molar-refractivity contribution in [1.29, 1.82) is 0 Å². The van der Waals surface area contributed by atoms with Gasteiger partial charge in [-0.25, -0.2) is 9.59 Å². The Morgan fingerprint density at radius 3 is 2.05 bits per heavy atom. The summed E-state index contributed by atoms with van der Waals surface area (Å²) >= 11 is 0. The lowest BCUT2D eigenvalue weighted by molar-refractivity contribution is -0.159. The fourth-order valence-corrected chi connectivity index (χ4v) is 1.53. The monoisotopic (exact) mass is 303 g/mol. The van der Waals surface area contributed by atoms with Crippen LogP contribution in [0.5, 0.6) is 5.75 Å². The number of rotatable bonds is 4. The van der Waals surface area contributed by atoms with E-state index in [9.17, 15) is 0 Å². The van der Waals surface area contributed by atoms with Crippen LogP contribution in [0.15, 0.2) is 54.6 Å². The molecule has 0 radical (unpaired) electrons. The van der Waals surface area contributed by atoms with Crippen molar-refractivity contribution in [2.45, 2.75) is 6.92 Å². The van der Waals surface area contributed by atoms with Gasteiger partial charge in [-0.2, -0.15) is 0 Å². The molecule has 0 amide bonds. The molecule has 0 atom stereocenters. The lowest BCUT2D eigenvalue weighted by atomic mass is 10.2. The quantitative estimate of drug-likeness (QED) is 0.751. The van der Waals surface area contributed by atoms with Crippen molar-refractivity contribution in [2.24, 2.45) is 0 Å². The van der Waals surface area contributed by atoms with E-state index < -0.39 is 11.9 Å². The number of carbonyl (C=O) groups is 2. The van der Waals surface area contributed by atoms with Crippen LogP contribution < -0.4 is 10.1 Å². The Hall–Kier alpha value is -3.02. The third-order valence-corrected chi connectivity index (χ3v) is 2.42. The number of benzene rings is 2. The van der Waals surface area contributed by atoms with Crippen LogP contribution in [0.2, 0.25) is 0 Å². The molecule has 0 aliphatic rings. The first kappa shape index (κ1) is 17.0. The summed E-state index contributed by atoms with van der Waals surface area (Å²) in [5.74, 6) is -2.76. The van der Waals surface area contributed by atoms with Gasteiger partial charge in [-0.3, -0.25) is 0 Å². The third-order valence-electron chi connectivity index (χ3n) is 2.42. The zero-order valence-corrected chi connectivity index (χ0v) is 12.0. The van der Waals surface area contributed by atoms with E-state index in [0.29, 0.717) is 6.61 Å². The summed E-state index contributed by atoms with van der Waals surface area (Å²) < 4.78 is 5.55. The second kappa shape index (κ2) is 9.02. The maximum Gasteiger partial charge on any atom is 0.414 e. The highest BCUT2D eigenvalue weighted by atomic mass is 16.5. The minimum Gasteiger partial charge on any atom is -0.492 e. The van der Waals surface area contributed by atoms with E-state index in [0.717, 1.165) is 17.1 Å². The van der Waals surface area contributed by atoms with Gasteiger partial charge in [0.15, 0.2) is 0 Å². The van der Waals surface area contributed by atoms with Gasteiger partial charge in [0.1, 0.15) is 5.75 Å². The Morgan fingerprint density at radius 2 is 1.50 bits per heavy atom. The average Bonchev–Trinajstić information content (AvgIpc) is 2.51. The second-order valence-electron chi connectivity index (χ2n) is 4.03. The zero-order chi connectivity index (χ0) is 16.4. The molecule has 3 N–H and O–H groups in total. The number of ether oxygens (including phenoxy) is 1. The fourth-order valence-electron chi connectivity index (χ4n) is 1.53. The van der Waals surface area contributed by atoms with Crippen molar-refractivity contribution in [3.05, 3.63) is 54.6 Å². The maximum absolute atomic E-state index is 9.10. The Balaban J connectivity index is 0.000000346. The standard InChI is InChI=1S/C14H15NO.C2H2O4/c1-2-16-14-11-7-6-10-13(14)15-12-8-4-3-5-9-12;3-1(4)2(5)6/h3-11,15H,2H2,1H3;(H,3,4)(H,5,6). The van der Waals surface area contributed by atoms with Crippen molar-refractivity contribution in [3.63, 3.8) is 0 Å². The van der Waals surface area contributed by atoms with Gasteiger partial charge in [0.05, 0.1) is 12.3 Å². The van der Waals surface area contributed by atoms with E-state index in [2.05, 4.69) is 5.32 Å². The minimum atomic E-state index is -1.82. The number of anilines is 2. The highest BCUT2D eigenvalue weighted by molar-refractivity contribution is 6.27. The van der Waals surface area contributed by atoms with Crippen molar-refractivity contribution >= 4 is 23.3 Å². The molecule has 0 saturated heterocycles. The molecule has 0 spiro atoms. The normalized spacial score (nSPS) is 9.14. The molecule has 0 heterocycles. The minimum absolute atomic E-state index is 0.674. The van der Waals surface area contributed by atoms with Gasteiger partial charge in [0.2, 0.25) is 0 Å². The number of aliphatic carboxylic acids is 2. The number of para-hydroxylation sites is 3. The Kier molecular flexibility index (Phi) is 6.98. The third kappa shape index (κ3) is 5.96. The number of hydrogen-bond donors (Lipinski definition) is 3. The van der Waals surface area contributed by atoms with Crippen LogP contribution in [0.3, 0.4) is 0 Å². The van der Waals surface area contributed by atoms with Crippen LogP contribution >= 0.6 is 0 Å². The highest BCUT2D eigenvalue weighted by Gasteiger charge is 2.04. The number of carboxylic acid groups (broad SMARTS) is 2. The van der Waals surface area contributed by atoms with Gasteiger partial charge < -0.3 is 20.3 Å². The molecule has 6 heteroatoms. The number of nitrogens with one attached hydrogen (secondary N) is 1. The summed E-state index contributed by atoms with van der Waals surface area (Å²) in [6.45, 7) is 2.66. The summed E-state index contributed by atoms with van der Waals surface area (Å²) in [6.07, 6.45) is 0. The summed E-state index contributed by atoms with van der Waals surface area (Å²) in [7, 11) is 0. The van der Waals surface area contributed by atoms with E-state index >= 15 is 0 Å². The Morgan fingerprint density at radius 1 is 0.955 bits per heavy atom. The summed E-state index contributed by atoms with van der Waals surface area (Å²) in [6, 6.07) is 18.0. The molecule has 0 fully saturated rings. The lowest BCUT2D eigenvalue weighted by Gasteiger charge is -2.11. The molecule has 2 aromatic carbocycles. The largest absolute Gasteiger partial charge is 0.492 e. The maximum atomic E-state index is 9.10. The summed E-state index contributed by atoms with van der Waals surface area (Å²) in [4.78, 5) is 18.2. The molecule has 116 valence electrons. The molecule has 2 rings (SSSR count). The SMILES string of the molecule is CCOc1ccccc1Nc1ccccc1.O=C(O)C(=O)O. The van der Waals surface area contributed by atoms with Crippen molar-refractivity contribution in [1.82, 2.24) is 0 Å². The summed E-state index contributed by atoms with van der Waals surface area (Å²) in [5, 5.41) is 18.1. The Bertz CT molecular complexity index is 601. The van der Waals surface area contributed by atoms with Crippen molar-refractivity contribution < 1.29 is 24.5 Å². The van der Waals surface area contributed by atoms with Crippen molar-refractivity contribution in [2.75, 3.05) is 11.9 Å². The molecule has 22 heavy (non-hydrogen) atoms. The predicted octanol–water partition coefficient (Wildman–Crippen LogP) is 2.98. The van der Waals surface area contributed by atoms with Crippen LogP contribution in [0.4, 0.5) is 11.4 Å². The molecule has 0 aliphatic carbocycles. The van der Waals surface area contributed by atoms with Gasteiger partial charge in [0, 0.05) is 5.69 Å². The van der Waals surface area contributed by atoms with Crippen LogP contribution in [-0.4, -0.2) is 28.8 Å². The van der Waals surface area contributed by atoms with E-state index in [1.54, 1.807) is 0 Å². The summed E-state index contributed by atoms with van der Waals surface area (Å²) in [5.41, 5.74) is 2.06. The molecule has 0 unspecified atom stereocenters. The van der Waals surface area contributed by atoms with Gasteiger partial charge in [-0.15, -0.1) is 0 Å². The molecule has 2 aromatic rings. The van der Waals surface area contributed by atoms with Gasteiger partial charge in [-0.05, 0) is 31.2 Å². The van der Waals surface area contributed by atoms with Gasteiger partial charge >= 0.3 is 11.9 Å². The number of hydrogen-bond acceptors (Lipinski definition) is 4. The van der Waals surface area contributed by atoms with Crippen LogP contribution in [0.1, 0.15) is 6.92 Å². The fraction of sp³-hybridized carbons (Fsp3) is 0.125. The molecule has 0 aliphatic heterocycles. The molecular weight excluding hydrogens is 286 g/mol. The lowest BCUT2D eigenvalue weighted by Crippen LogP contribution is -2.09. The predicted molar refractivity (Wildman–Crippen MR) is 82.6 cm³/mol. The van der Waals surface area contributed by atoms with Gasteiger partial charge in [-0.1, -0.05) is 30.3 Å². The van der Waals surface area contributed by atoms with E-state index in [4.69, 9.17) is 24.5 Å². The van der Waals surface area contributed by atoms with Crippen LogP contribution in [0, 0.1) is 0 Å². The topological polar surface area (TPSA) is 95.9 Å². The van der Waals surface area contributed by atoms with Crippen LogP contribution in [0.25, 0.3) is 0 Å². The smallest absolute Gasteiger partial charge is 0.414 e. The molecule has 0 saturated carbocycles. The van der Waals surface area contributed by atoms with E-state index in [1.165, 1.54) is 0 Å². The zero-order valence-electron chi connectivity index (χ0n) is 12.0. The number of carboxylic acids is 2. The average molecular weight is 303 g/mol. The Labute approximate surface area is 128 Å². The van der Waals surface area contributed by atoms with E-state index in [1.807, 2.05) is 61.5 Å². The van der Waals surface area contributed by atoms with Gasteiger partial charge in [0.25, 0.3) is 0 Å². The molecule has 0 aromatic heterocycles. The first-order chi connectivity index (χ1) is 10.5.